The van der Waals surface area contributed by atoms with Crippen molar-refractivity contribution >= 4 is 35.7 Å². The van der Waals surface area contributed by atoms with Crippen molar-refractivity contribution in [2.75, 3.05) is 18.0 Å². The molecule has 0 aliphatic carbocycles. The first-order valence-corrected chi connectivity index (χ1v) is 30.3. The Morgan fingerprint density at radius 2 is 0.606 bits per heavy atom. The Morgan fingerprint density at radius 3 is 0.873 bits per heavy atom. The molecule has 3 rings (SSSR count). The lowest BCUT2D eigenvalue weighted by Crippen LogP contribution is -2.25. The van der Waals surface area contributed by atoms with E-state index in [2.05, 4.69) is 67.3 Å². The third-order valence-electron chi connectivity index (χ3n) is 14.9. The van der Waals surface area contributed by atoms with E-state index in [-0.39, 0.29) is 0 Å². The van der Waals surface area contributed by atoms with E-state index in [4.69, 9.17) is 0 Å². The van der Waals surface area contributed by atoms with Crippen LogP contribution in [-0.2, 0) is 0 Å². The standard InChI is InChI=1S/C66H105FN2O2/c1-3-5-7-9-11-13-15-17-19-21-23-25-27-29-31-33-35-37-39-41-57-68(58-42-40-38-36-34-32-30-28-26-24-22-20-18-16-14-12-10-8-6-4-2)64-54-51-62(52-55-64)48-47-60-43-45-61(46-44-60)49-50-63-53-56-66(69(70)71)65(67)59-63/h43-56,59H,3-42,57-58H2,1-2H3. The number of nitro groups is 1. The van der Waals surface area contributed by atoms with Crippen LogP contribution >= 0.6 is 0 Å². The fourth-order valence-electron chi connectivity index (χ4n) is 10.2. The highest BCUT2D eigenvalue weighted by atomic mass is 19.1. The Bertz CT molecular complexity index is 1710. The van der Waals surface area contributed by atoms with Crippen LogP contribution in [0.4, 0.5) is 15.8 Å². The van der Waals surface area contributed by atoms with Crippen LogP contribution in [0.25, 0.3) is 24.3 Å². The van der Waals surface area contributed by atoms with E-state index in [0.29, 0.717) is 5.56 Å². The maximum absolute atomic E-state index is 14.1. The van der Waals surface area contributed by atoms with E-state index in [1.165, 1.54) is 280 Å². The fourth-order valence-corrected chi connectivity index (χ4v) is 10.2. The van der Waals surface area contributed by atoms with Gasteiger partial charge >= 0.3 is 5.69 Å². The van der Waals surface area contributed by atoms with Gasteiger partial charge in [-0.25, -0.2) is 0 Å². The molecule has 0 bridgehead atoms. The van der Waals surface area contributed by atoms with Gasteiger partial charge in [0, 0.05) is 24.8 Å². The summed E-state index contributed by atoms with van der Waals surface area (Å²) in [4.78, 5) is 12.9. The molecule has 0 amide bonds. The minimum atomic E-state index is -0.824. The van der Waals surface area contributed by atoms with Crippen LogP contribution in [0.3, 0.4) is 0 Å². The summed E-state index contributed by atoms with van der Waals surface area (Å²) in [6.07, 6.45) is 64.7. The molecular weight excluding hydrogens is 872 g/mol. The van der Waals surface area contributed by atoms with Gasteiger partial charge in [0.05, 0.1) is 4.92 Å². The summed E-state index contributed by atoms with van der Waals surface area (Å²) >= 11 is 0. The van der Waals surface area contributed by atoms with E-state index >= 15 is 0 Å². The third kappa shape index (κ3) is 32.9. The number of anilines is 1. The number of halogens is 1. The van der Waals surface area contributed by atoms with E-state index in [1.54, 1.807) is 12.1 Å². The third-order valence-corrected chi connectivity index (χ3v) is 14.9. The fraction of sp³-hybridized carbons (Fsp3) is 0.667. The molecule has 5 heteroatoms. The molecule has 0 aliphatic heterocycles. The summed E-state index contributed by atoms with van der Waals surface area (Å²) in [5.74, 6) is -0.824. The molecule has 0 spiro atoms. The number of hydrogen-bond donors (Lipinski definition) is 0. The Hall–Kier alpha value is -3.73. The van der Waals surface area contributed by atoms with Crippen LogP contribution in [-0.4, -0.2) is 18.0 Å². The van der Waals surface area contributed by atoms with Gasteiger partial charge in [-0.05, 0) is 59.4 Å². The highest BCUT2D eigenvalue weighted by molar-refractivity contribution is 5.73. The quantitative estimate of drug-likeness (QED) is 0.0245. The monoisotopic (exact) mass is 977 g/mol. The summed E-state index contributed by atoms with van der Waals surface area (Å²) in [7, 11) is 0. The largest absolute Gasteiger partial charge is 0.372 e. The average molecular weight is 978 g/mol. The van der Waals surface area contributed by atoms with E-state index in [1.807, 2.05) is 18.2 Å². The maximum Gasteiger partial charge on any atom is 0.304 e. The first kappa shape index (κ1) is 61.6. The van der Waals surface area contributed by atoms with Gasteiger partial charge in [-0.15, -0.1) is 0 Å². The predicted molar refractivity (Wildman–Crippen MR) is 312 cm³/mol. The Balaban J connectivity index is 1.33. The zero-order valence-corrected chi connectivity index (χ0v) is 45.9. The highest BCUT2D eigenvalue weighted by Crippen LogP contribution is 2.23. The predicted octanol–water partition coefficient (Wildman–Crippen LogP) is 22.5. The van der Waals surface area contributed by atoms with Crippen molar-refractivity contribution in [2.24, 2.45) is 0 Å². The zero-order valence-electron chi connectivity index (χ0n) is 45.9. The van der Waals surface area contributed by atoms with Gasteiger partial charge in [-0.1, -0.05) is 319 Å². The number of hydrogen-bond acceptors (Lipinski definition) is 3. The number of nitro benzene ring substituents is 1. The molecule has 3 aromatic rings. The summed E-state index contributed by atoms with van der Waals surface area (Å²) in [6.45, 7) is 6.90. The summed E-state index contributed by atoms with van der Waals surface area (Å²) in [5, 5.41) is 10.9. The van der Waals surface area contributed by atoms with Gasteiger partial charge in [0.15, 0.2) is 0 Å². The Kier molecular flexibility index (Phi) is 38.0. The van der Waals surface area contributed by atoms with Gasteiger partial charge in [0.25, 0.3) is 0 Å². The minimum absolute atomic E-state index is 0.507. The van der Waals surface area contributed by atoms with Gasteiger partial charge < -0.3 is 4.90 Å². The number of nitrogens with zero attached hydrogens (tertiary/aromatic N) is 2. The molecule has 398 valence electrons. The van der Waals surface area contributed by atoms with Gasteiger partial charge in [-0.3, -0.25) is 10.1 Å². The molecule has 0 radical (unpaired) electrons. The van der Waals surface area contributed by atoms with Crippen molar-refractivity contribution in [3.63, 3.8) is 0 Å². The van der Waals surface area contributed by atoms with Crippen LogP contribution < -0.4 is 4.90 Å². The van der Waals surface area contributed by atoms with Crippen LogP contribution in [0, 0.1) is 15.9 Å². The summed E-state index contributed by atoms with van der Waals surface area (Å²) in [5.41, 5.74) is 4.70. The zero-order chi connectivity index (χ0) is 50.5. The van der Waals surface area contributed by atoms with Crippen molar-refractivity contribution in [1.29, 1.82) is 0 Å². The lowest BCUT2D eigenvalue weighted by Gasteiger charge is -2.25. The van der Waals surface area contributed by atoms with Crippen molar-refractivity contribution in [2.45, 2.75) is 271 Å². The van der Waals surface area contributed by atoms with Crippen molar-refractivity contribution in [3.8, 4) is 0 Å². The molecule has 0 N–H and O–H groups in total. The first-order valence-electron chi connectivity index (χ1n) is 30.3. The molecule has 71 heavy (non-hydrogen) atoms. The van der Waals surface area contributed by atoms with Crippen LogP contribution in [0.1, 0.15) is 293 Å². The lowest BCUT2D eigenvalue weighted by atomic mass is 10.0. The maximum atomic E-state index is 14.1. The van der Waals surface area contributed by atoms with E-state index in [9.17, 15) is 14.5 Å². The van der Waals surface area contributed by atoms with Gasteiger partial charge in [0.2, 0.25) is 5.82 Å². The van der Waals surface area contributed by atoms with E-state index in [0.717, 1.165) is 24.2 Å². The second-order valence-electron chi connectivity index (χ2n) is 21.3. The molecule has 4 nitrogen and oxygen atoms in total. The molecule has 0 unspecified atom stereocenters. The molecular formula is C66H105FN2O2. The Labute approximate surface area is 436 Å². The van der Waals surface area contributed by atoms with E-state index < -0.39 is 16.4 Å². The molecule has 0 fully saturated rings. The minimum Gasteiger partial charge on any atom is -0.372 e. The van der Waals surface area contributed by atoms with Crippen molar-refractivity contribution < 1.29 is 9.31 Å². The normalized spacial score (nSPS) is 11.7. The van der Waals surface area contributed by atoms with Crippen LogP contribution in [0.15, 0.2) is 66.7 Å². The SMILES string of the molecule is CCCCCCCCCCCCCCCCCCCCCCN(CCCCCCCCCCCCCCCCCCCCCC)c1ccc(C=Cc2ccc(C=Cc3ccc([N+](=O)[O-])c(F)c3)cc2)cc1. The second kappa shape index (κ2) is 43.8. The number of rotatable bonds is 48. The molecule has 0 atom stereocenters. The summed E-state index contributed by atoms with van der Waals surface area (Å²) < 4.78 is 14.1. The molecule has 3 aromatic carbocycles. The first-order chi connectivity index (χ1) is 35.0. The Morgan fingerprint density at radius 1 is 0.366 bits per heavy atom. The average Bonchev–Trinajstić information content (AvgIpc) is 3.38. The lowest BCUT2D eigenvalue weighted by molar-refractivity contribution is -0.387. The van der Waals surface area contributed by atoms with Crippen molar-refractivity contribution in [1.82, 2.24) is 0 Å². The van der Waals surface area contributed by atoms with Crippen LogP contribution in [0.2, 0.25) is 0 Å². The van der Waals surface area contributed by atoms with Gasteiger partial charge in [-0.2, -0.15) is 4.39 Å². The molecule has 0 saturated carbocycles. The highest BCUT2D eigenvalue weighted by Gasteiger charge is 2.13. The molecule has 0 heterocycles. The number of unbranched alkanes of at least 4 members (excludes halogenated alkanes) is 38. The smallest absolute Gasteiger partial charge is 0.304 e. The molecule has 0 saturated heterocycles. The summed E-state index contributed by atoms with van der Waals surface area (Å²) in [6, 6.07) is 21.3. The number of benzene rings is 3. The van der Waals surface area contributed by atoms with Crippen LogP contribution in [0.5, 0.6) is 0 Å². The topological polar surface area (TPSA) is 46.4 Å². The molecule has 0 aliphatic rings. The molecule has 0 aromatic heterocycles. The second-order valence-corrected chi connectivity index (χ2v) is 21.3. The van der Waals surface area contributed by atoms with Crippen molar-refractivity contribution in [3.05, 3.63) is 105 Å². The van der Waals surface area contributed by atoms with Gasteiger partial charge in [0.1, 0.15) is 0 Å².